The average molecular weight is 257 g/mol. The molecule has 1 heterocycles. The Labute approximate surface area is 110 Å². The number of anilines is 1. The van der Waals surface area contributed by atoms with Crippen molar-refractivity contribution in [3.05, 3.63) is 46.8 Å². The lowest BCUT2D eigenvalue weighted by molar-refractivity contribution is -0.118. The molecule has 0 radical (unpaired) electrons. The minimum Gasteiger partial charge on any atom is -0.326 e. The van der Waals surface area contributed by atoms with E-state index in [0.717, 1.165) is 5.56 Å². The van der Waals surface area contributed by atoms with Crippen LogP contribution >= 0.6 is 0 Å². The summed E-state index contributed by atoms with van der Waals surface area (Å²) in [5.41, 5.74) is 1.95. The molecule has 0 fully saturated rings. The smallest absolute Gasteiger partial charge is 0.264 e. The van der Waals surface area contributed by atoms with Gasteiger partial charge in [-0.3, -0.25) is 9.59 Å². The van der Waals surface area contributed by atoms with Gasteiger partial charge in [-0.2, -0.15) is 5.10 Å². The van der Waals surface area contributed by atoms with Gasteiger partial charge in [-0.1, -0.05) is 26.0 Å². The maximum absolute atomic E-state index is 11.6. The van der Waals surface area contributed by atoms with Crippen molar-refractivity contribution < 1.29 is 4.79 Å². The molecule has 2 aromatic rings. The number of H-pyrrole nitrogens is 1. The van der Waals surface area contributed by atoms with Gasteiger partial charge in [0, 0.05) is 23.2 Å². The van der Waals surface area contributed by atoms with Crippen molar-refractivity contribution in [2.75, 3.05) is 5.32 Å². The van der Waals surface area contributed by atoms with Gasteiger partial charge in [-0.15, -0.1) is 0 Å². The van der Waals surface area contributed by atoms with Crippen LogP contribution in [0.2, 0.25) is 0 Å². The highest BCUT2D eigenvalue weighted by Crippen LogP contribution is 2.20. The molecule has 2 N–H and O–H groups in total. The minimum absolute atomic E-state index is 0.0356. The number of benzene rings is 1. The zero-order valence-corrected chi connectivity index (χ0v) is 10.8. The van der Waals surface area contributed by atoms with E-state index in [9.17, 15) is 9.59 Å². The molecule has 1 aromatic heterocycles. The van der Waals surface area contributed by atoms with Gasteiger partial charge in [0.15, 0.2) is 0 Å². The molecule has 5 nitrogen and oxygen atoms in total. The number of carbonyl (C=O) groups excluding carboxylic acids is 1. The van der Waals surface area contributed by atoms with E-state index < -0.39 is 0 Å². The molecule has 0 saturated heterocycles. The summed E-state index contributed by atoms with van der Waals surface area (Å²) in [6.07, 6.45) is 0. The first-order valence-corrected chi connectivity index (χ1v) is 6.03. The van der Waals surface area contributed by atoms with E-state index in [0.29, 0.717) is 11.4 Å². The topological polar surface area (TPSA) is 74.8 Å². The van der Waals surface area contributed by atoms with Gasteiger partial charge < -0.3 is 5.32 Å². The van der Waals surface area contributed by atoms with Gasteiger partial charge in [-0.25, -0.2) is 5.10 Å². The molecular weight excluding hydrogens is 242 g/mol. The first kappa shape index (κ1) is 13.0. The van der Waals surface area contributed by atoms with Crippen LogP contribution in [0.5, 0.6) is 0 Å². The Hall–Kier alpha value is -2.43. The molecule has 5 heteroatoms. The Bertz CT molecular complexity index is 627. The number of nitrogens with zero attached hydrogens (tertiary/aromatic N) is 1. The molecular formula is C14H15N3O2. The lowest BCUT2D eigenvalue weighted by atomic mass is 10.1. The monoisotopic (exact) mass is 257 g/mol. The highest BCUT2D eigenvalue weighted by atomic mass is 16.1. The normalized spacial score (nSPS) is 10.5. The van der Waals surface area contributed by atoms with E-state index in [4.69, 9.17) is 0 Å². The van der Waals surface area contributed by atoms with Crippen LogP contribution in [-0.4, -0.2) is 16.1 Å². The van der Waals surface area contributed by atoms with Crippen LogP contribution in [-0.2, 0) is 4.79 Å². The Balaban J connectivity index is 2.26. The van der Waals surface area contributed by atoms with Crippen LogP contribution in [0.25, 0.3) is 11.3 Å². The lowest BCUT2D eigenvalue weighted by Gasteiger charge is -2.08. The summed E-state index contributed by atoms with van der Waals surface area (Å²) in [6, 6.07) is 10.4. The predicted molar refractivity (Wildman–Crippen MR) is 73.8 cm³/mol. The van der Waals surface area contributed by atoms with Crippen LogP contribution in [0.4, 0.5) is 5.69 Å². The molecule has 0 saturated carbocycles. The van der Waals surface area contributed by atoms with Crippen molar-refractivity contribution in [2.24, 2.45) is 5.92 Å². The standard InChI is InChI=1S/C14H15N3O2/c1-9(2)14(19)15-11-5-3-4-10(8-11)12-6-7-13(18)17-16-12/h3-9H,1-2H3,(H,15,19)(H,17,18). The molecule has 0 aliphatic carbocycles. The number of carbonyl (C=O) groups is 1. The van der Waals surface area contributed by atoms with Gasteiger partial charge in [0.05, 0.1) is 5.69 Å². The number of aromatic amines is 1. The van der Waals surface area contributed by atoms with E-state index in [1.165, 1.54) is 6.07 Å². The van der Waals surface area contributed by atoms with E-state index in [1.54, 1.807) is 6.07 Å². The summed E-state index contributed by atoms with van der Waals surface area (Å²) in [4.78, 5) is 22.6. The third kappa shape index (κ3) is 3.28. The number of hydrogen-bond donors (Lipinski definition) is 2. The van der Waals surface area contributed by atoms with E-state index in [1.807, 2.05) is 38.1 Å². The molecule has 0 spiro atoms. The fourth-order valence-electron chi connectivity index (χ4n) is 1.55. The SMILES string of the molecule is CC(C)C(=O)Nc1cccc(-c2ccc(=O)[nH]n2)c1. The van der Waals surface area contributed by atoms with Crippen molar-refractivity contribution >= 4 is 11.6 Å². The first-order chi connectivity index (χ1) is 9.06. The summed E-state index contributed by atoms with van der Waals surface area (Å²) in [5.74, 6) is -0.110. The summed E-state index contributed by atoms with van der Waals surface area (Å²) in [5, 5.41) is 9.16. The minimum atomic E-state index is -0.243. The van der Waals surface area contributed by atoms with Gasteiger partial charge in [0.2, 0.25) is 5.91 Å². The van der Waals surface area contributed by atoms with Gasteiger partial charge in [-0.05, 0) is 18.2 Å². The first-order valence-electron chi connectivity index (χ1n) is 6.03. The summed E-state index contributed by atoms with van der Waals surface area (Å²) >= 11 is 0. The summed E-state index contributed by atoms with van der Waals surface area (Å²) in [6.45, 7) is 3.67. The van der Waals surface area contributed by atoms with E-state index in [2.05, 4.69) is 15.5 Å². The van der Waals surface area contributed by atoms with E-state index in [-0.39, 0.29) is 17.4 Å². The summed E-state index contributed by atoms with van der Waals surface area (Å²) in [7, 11) is 0. The Kier molecular flexibility index (Phi) is 3.75. The molecule has 0 unspecified atom stereocenters. The molecule has 1 amide bonds. The Morgan fingerprint density at radius 2 is 2.05 bits per heavy atom. The zero-order valence-electron chi connectivity index (χ0n) is 10.8. The van der Waals surface area contributed by atoms with Gasteiger partial charge in [0.25, 0.3) is 5.56 Å². The van der Waals surface area contributed by atoms with Crippen molar-refractivity contribution in [1.29, 1.82) is 0 Å². The van der Waals surface area contributed by atoms with Crippen LogP contribution < -0.4 is 10.9 Å². The quantitative estimate of drug-likeness (QED) is 0.883. The van der Waals surface area contributed by atoms with Gasteiger partial charge >= 0.3 is 0 Å². The molecule has 0 atom stereocenters. The zero-order chi connectivity index (χ0) is 13.8. The second-order valence-electron chi connectivity index (χ2n) is 4.53. The Morgan fingerprint density at radius 1 is 1.26 bits per heavy atom. The molecule has 2 rings (SSSR count). The second kappa shape index (κ2) is 5.48. The number of amides is 1. The van der Waals surface area contributed by atoms with E-state index >= 15 is 0 Å². The molecule has 1 aromatic carbocycles. The average Bonchev–Trinajstić information content (AvgIpc) is 2.39. The van der Waals surface area contributed by atoms with Crippen molar-refractivity contribution in [3.63, 3.8) is 0 Å². The van der Waals surface area contributed by atoms with Crippen molar-refractivity contribution in [2.45, 2.75) is 13.8 Å². The van der Waals surface area contributed by atoms with Crippen molar-refractivity contribution in [1.82, 2.24) is 10.2 Å². The van der Waals surface area contributed by atoms with Crippen LogP contribution in [0.3, 0.4) is 0 Å². The van der Waals surface area contributed by atoms with Crippen LogP contribution in [0.1, 0.15) is 13.8 Å². The van der Waals surface area contributed by atoms with Gasteiger partial charge in [0.1, 0.15) is 0 Å². The molecule has 98 valence electrons. The number of hydrogen-bond acceptors (Lipinski definition) is 3. The molecule has 0 aliphatic rings. The van der Waals surface area contributed by atoms with Crippen molar-refractivity contribution in [3.8, 4) is 11.3 Å². The fraction of sp³-hybridized carbons (Fsp3) is 0.214. The van der Waals surface area contributed by atoms with Crippen LogP contribution in [0.15, 0.2) is 41.2 Å². The molecule has 0 bridgehead atoms. The lowest BCUT2D eigenvalue weighted by Crippen LogP contribution is -2.17. The molecule has 19 heavy (non-hydrogen) atoms. The maximum atomic E-state index is 11.6. The Morgan fingerprint density at radius 3 is 2.68 bits per heavy atom. The fourth-order valence-corrected chi connectivity index (χ4v) is 1.55. The second-order valence-corrected chi connectivity index (χ2v) is 4.53. The third-order valence-electron chi connectivity index (χ3n) is 2.63. The predicted octanol–water partition coefficient (Wildman–Crippen LogP) is 2.03. The molecule has 0 aliphatic heterocycles. The highest BCUT2D eigenvalue weighted by molar-refractivity contribution is 5.92. The highest BCUT2D eigenvalue weighted by Gasteiger charge is 2.08. The largest absolute Gasteiger partial charge is 0.326 e. The third-order valence-corrected chi connectivity index (χ3v) is 2.63. The number of aromatic nitrogens is 2. The van der Waals surface area contributed by atoms with Crippen LogP contribution in [0, 0.1) is 5.92 Å². The summed E-state index contributed by atoms with van der Waals surface area (Å²) < 4.78 is 0. The number of rotatable bonds is 3. The maximum Gasteiger partial charge on any atom is 0.264 e. The number of nitrogens with one attached hydrogen (secondary N) is 2.